The second kappa shape index (κ2) is 6.76. The summed E-state index contributed by atoms with van der Waals surface area (Å²) in [5.74, 6) is 2.53. The second-order valence-electron chi connectivity index (χ2n) is 7.46. The largest absolute Gasteiger partial charge is 0.493 e. The maximum absolute atomic E-state index is 12.7. The minimum Gasteiger partial charge on any atom is -0.493 e. The molecule has 0 aromatic heterocycles. The lowest BCUT2D eigenvalue weighted by atomic mass is 9.67. The molecule has 1 unspecified atom stereocenters. The Morgan fingerprint density at radius 3 is 2.24 bits per heavy atom. The first-order valence-electron chi connectivity index (χ1n) is 9.53. The highest BCUT2D eigenvalue weighted by Gasteiger charge is 2.48. The molecule has 0 radical (unpaired) electrons. The zero-order valence-electron chi connectivity index (χ0n) is 16.5. The Balaban J connectivity index is 1.71. The van der Waals surface area contributed by atoms with Crippen LogP contribution in [0.2, 0.25) is 0 Å². The van der Waals surface area contributed by atoms with E-state index in [-0.39, 0.29) is 30.5 Å². The van der Waals surface area contributed by atoms with E-state index in [0.29, 0.717) is 29.6 Å². The normalized spacial score (nSPS) is 23.8. The molecule has 3 aliphatic rings. The molecular formula is C22H22O7. The summed E-state index contributed by atoms with van der Waals surface area (Å²) in [5.41, 5.74) is 3.10. The summed E-state index contributed by atoms with van der Waals surface area (Å²) in [5, 5.41) is 0. The molecule has 7 nitrogen and oxygen atoms in total. The fraction of sp³-hybridized carbons (Fsp3) is 0.409. The van der Waals surface area contributed by atoms with Gasteiger partial charge in [-0.2, -0.15) is 0 Å². The molecule has 3 atom stereocenters. The first-order valence-corrected chi connectivity index (χ1v) is 9.53. The van der Waals surface area contributed by atoms with Gasteiger partial charge in [-0.05, 0) is 47.4 Å². The quantitative estimate of drug-likeness (QED) is 0.733. The molecule has 2 aromatic rings. The third kappa shape index (κ3) is 2.68. The molecule has 0 N–H and O–H groups in total. The van der Waals surface area contributed by atoms with Gasteiger partial charge < -0.3 is 28.4 Å². The van der Waals surface area contributed by atoms with Crippen LogP contribution in [-0.2, 0) is 16.0 Å². The molecular weight excluding hydrogens is 376 g/mol. The third-order valence-electron chi connectivity index (χ3n) is 6.08. The van der Waals surface area contributed by atoms with Crippen molar-refractivity contribution in [3.63, 3.8) is 0 Å². The van der Waals surface area contributed by atoms with Gasteiger partial charge in [-0.25, -0.2) is 0 Å². The number of esters is 1. The Morgan fingerprint density at radius 1 is 0.897 bits per heavy atom. The van der Waals surface area contributed by atoms with Gasteiger partial charge in [0.15, 0.2) is 23.0 Å². The minimum atomic E-state index is -0.273. The molecule has 0 bridgehead atoms. The number of carbonyl (C=O) groups excluding carboxylic acids is 1. The van der Waals surface area contributed by atoms with Crippen molar-refractivity contribution >= 4 is 5.97 Å². The number of hydrogen-bond donors (Lipinski definition) is 0. The molecule has 0 amide bonds. The predicted molar refractivity (Wildman–Crippen MR) is 102 cm³/mol. The monoisotopic (exact) mass is 398 g/mol. The molecule has 2 aliphatic heterocycles. The van der Waals surface area contributed by atoms with Crippen molar-refractivity contribution in [3.05, 3.63) is 41.0 Å². The standard InChI is InChI=1S/C22H22O7/c1-24-17-6-12(7-18(25-2)21(17)26-3)19-14-8-16-15(28-10-29-16)5-11(14)4-13-9-27-22(23)20(13)19/h5-8,13,19-20H,4,9-10H2,1-3H3/t13?,19-,20+/m1/s1. The van der Waals surface area contributed by atoms with Crippen LogP contribution in [0.15, 0.2) is 24.3 Å². The zero-order chi connectivity index (χ0) is 20.1. The molecule has 2 heterocycles. The number of cyclic esters (lactones) is 1. The summed E-state index contributed by atoms with van der Waals surface area (Å²) in [4.78, 5) is 12.7. The number of carbonyl (C=O) groups is 1. The molecule has 2 aromatic carbocycles. The van der Waals surface area contributed by atoms with Gasteiger partial charge in [0.05, 0.1) is 33.9 Å². The summed E-state index contributed by atoms with van der Waals surface area (Å²) >= 11 is 0. The first-order chi connectivity index (χ1) is 14.1. The smallest absolute Gasteiger partial charge is 0.310 e. The number of rotatable bonds is 4. The lowest BCUT2D eigenvalue weighted by Gasteiger charge is -2.34. The molecule has 152 valence electrons. The van der Waals surface area contributed by atoms with E-state index in [2.05, 4.69) is 0 Å². The van der Waals surface area contributed by atoms with Crippen molar-refractivity contribution in [1.82, 2.24) is 0 Å². The average molecular weight is 398 g/mol. The van der Waals surface area contributed by atoms with Crippen LogP contribution in [0.5, 0.6) is 28.7 Å². The summed E-state index contributed by atoms with van der Waals surface area (Å²) in [7, 11) is 4.74. The topological polar surface area (TPSA) is 72.5 Å². The van der Waals surface area contributed by atoms with E-state index in [1.54, 1.807) is 21.3 Å². The maximum Gasteiger partial charge on any atom is 0.310 e. The van der Waals surface area contributed by atoms with Crippen LogP contribution in [0, 0.1) is 11.8 Å². The van der Waals surface area contributed by atoms with Gasteiger partial charge in [0, 0.05) is 11.8 Å². The van der Waals surface area contributed by atoms with Crippen LogP contribution in [0.25, 0.3) is 0 Å². The fourth-order valence-electron chi connectivity index (χ4n) is 4.79. The fourth-order valence-corrected chi connectivity index (χ4v) is 4.79. The van der Waals surface area contributed by atoms with E-state index < -0.39 is 0 Å². The molecule has 1 fully saturated rings. The molecule has 1 aliphatic carbocycles. The van der Waals surface area contributed by atoms with Crippen LogP contribution in [-0.4, -0.2) is 40.7 Å². The van der Waals surface area contributed by atoms with Gasteiger partial charge in [0.2, 0.25) is 12.5 Å². The molecule has 0 saturated carbocycles. The number of benzene rings is 2. The van der Waals surface area contributed by atoms with Crippen LogP contribution in [0.3, 0.4) is 0 Å². The molecule has 5 rings (SSSR count). The van der Waals surface area contributed by atoms with Gasteiger partial charge in [-0.1, -0.05) is 0 Å². The van der Waals surface area contributed by atoms with E-state index in [9.17, 15) is 4.79 Å². The number of hydrogen-bond acceptors (Lipinski definition) is 7. The highest BCUT2D eigenvalue weighted by atomic mass is 16.7. The van der Waals surface area contributed by atoms with Crippen molar-refractivity contribution in [1.29, 1.82) is 0 Å². The average Bonchev–Trinajstić information content (AvgIpc) is 3.35. The zero-order valence-corrected chi connectivity index (χ0v) is 16.5. The summed E-state index contributed by atoms with van der Waals surface area (Å²) in [6.07, 6.45) is 0.767. The van der Waals surface area contributed by atoms with E-state index in [0.717, 1.165) is 28.9 Å². The van der Waals surface area contributed by atoms with E-state index in [1.807, 2.05) is 24.3 Å². The lowest BCUT2D eigenvalue weighted by Crippen LogP contribution is -2.31. The van der Waals surface area contributed by atoms with Crippen LogP contribution >= 0.6 is 0 Å². The molecule has 0 spiro atoms. The van der Waals surface area contributed by atoms with Crippen molar-refractivity contribution < 1.29 is 33.2 Å². The summed E-state index contributed by atoms with van der Waals surface area (Å²) in [6, 6.07) is 7.84. The van der Waals surface area contributed by atoms with Gasteiger partial charge >= 0.3 is 5.97 Å². The Labute approximate surface area is 168 Å². The van der Waals surface area contributed by atoms with Gasteiger partial charge in [0.25, 0.3) is 0 Å². The molecule has 7 heteroatoms. The van der Waals surface area contributed by atoms with Gasteiger partial charge in [-0.15, -0.1) is 0 Å². The maximum atomic E-state index is 12.7. The van der Waals surface area contributed by atoms with Crippen molar-refractivity contribution in [3.8, 4) is 28.7 Å². The molecule has 29 heavy (non-hydrogen) atoms. The SMILES string of the molecule is COc1cc([C@@H]2c3cc4c(cc3CC3COC(=O)[C@@H]32)OCO4)cc(OC)c1OC. The van der Waals surface area contributed by atoms with Gasteiger partial charge in [0.1, 0.15) is 0 Å². The number of methoxy groups -OCH3 is 3. The van der Waals surface area contributed by atoms with Gasteiger partial charge in [-0.3, -0.25) is 4.79 Å². The summed E-state index contributed by atoms with van der Waals surface area (Å²) in [6.45, 7) is 0.639. The lowest BCUT2D eigenvalue weighted by molar-refractivity contribution is -0.141. The van der Waals surface area contributed by atoms with E-state index in [4.69, 9.17) is 28.4 Å². The van der Waals surface area contributed by atoms with Crippen molar-refractivity contribution in [2.24, 2.45) is 11.8 Å². The number of ether oxygens (including phenoxy) is 6. The van der Waals surface area contributed by atoms with Crippen LogP contribution in [0.1, 0.15) is 22.6 Å². The Kier molecular flexibility index (Phi) is 4.19. The van der Waals surface area contributed by atoms with Crippen LogP contribution < -0.4 is 23.7 Å². The van der Waals surface area contributed by atoms with E-state index >= 15 is 0 Å². The predicted octanol–water partition coefficient (Wildman–Crippen LogP) is 2.92. The van der Waals surface area contributed by atoms with E-state index in [1.165, 1.54) is 0 Å². The second-order valence-corrected chi connectivity index (χ2v) is 7.46. The Morgan fingerprint density at radius 2 is 1.59 bits per heavy atom. The van der Waals surface area contributed by atoms with Crippen molar-refractivity contribution in [2.75, 3.05) is 34.7 Å². The third-order valence-corrected chi connectivity index (χ3v) is 6.08. The Bertz CT molecular complexity index is 958. The number of fused-ring (bicyclic) bond motifs is 3. The minimum absolute atomic E-state index is 0.111. The highest BCUT2D eigenvalue weighted by molar-refractivity contribution is 5.78. The van der Waals surface area contributed by atoms with Crippen molar-refractivity contribution in [2.45, 2.75) is 12.3 Å². The Hall–Kier alpha value is -3.09. The summed E-state index contributed by atoms with van der Waals surface area (Å²) < 4.78 is 33.2. The van der Waals surface area contributed by atoms with Crippen LogP contribution in [0.4, 0.5) is 0 Å². The molecule has 1 saturated heterocycles. The first kappa shape index (κ1) is 18.0. The highest BCUT2D eigenvalue weighted by Crippen LogP contribution is 2.52.